The van der Waals surface area contributed by atoms with Crippen LogP contribution in [-0.2, 0) is 12.3 Å². The Hall–Kier alpha value is -1.94. The largest absolute Gasteiger partial charge is 0.393 e. The fourth-order valence-electron chi connectivity index (χ4n) is 3.35. The van der Waals surface area contributed by atoms with Gasteiger partial charge < -0.3 is 15.3 Å². The molecular formula is C17H22F2N4O. The van der Waals surface area contributed by atoms with Crippen molar-refractivity contribution >= 4 is 11.6 Å². The molecule has 2 aliphatic rings. The molecule has 0 amide bonds. The summed E-state index contributed by atoms with van der Waals surface area (Å²) in [5, 5.41) is 22.0. The molecule has 2 atom stereocenters. The second kappa shape index (κ2) is 6.17. The molecule has 0 aromatic carbocycles. The third kappa shape index (κ3) is 2.80. The number of halogens is 2. The van der Waals surface area contributed by atoms with Gasteiger partial charge in [0, 0.05) is 36.7 Å². The number of pyridine rings is 1. The fourth-order valence-corrected chi connectivity index (χ4v) is 3.35. The molecule has 1 aromatic rings. The lowest BCUT2D eigenvalue weighted by Crippen LogP contribution is -2.47. The van der Waals surface area contributed by atoms with Gasteiger partial charge in [-0.15, -0.1) is 0 Å². The number of aromatic nitrogens is 1. The number of aliphatic hydroxyl groups is 1. The lowest BCUT2D eigenvalue weighted by atomic mass is 9.99. The van der Waals surface area contributed by atoms with Gasteiger partial charge in [0.15, 0.2) is 0 Å². The summed E-state index contributed by atoms with van der Waals surface area (Å²) in [7, 11) is 0. The highest BCUT2D eigenvalue weighted by atomic mass is 19.3. The van der Waals surface area contributed by atoms with Crippen LogP contribution in [0.3, 0.4) is 0 Å². The summed E-state index contributed by atoms with van der Waals surface area (Å²) in [6.45, 7) is 4.85. The van der Waals surface area contributed by atoms with Gasteiger partial charge in [-0.05, 0) is 33.1 Å². The minimum atomic E-state index is -2.99. The van der Waals surface area contributed by atoms with Crippen molar-refractivity contribution in [3.05, 3.63) is 16.7 Å². The zero-order chi connectivity index (χ0) is 17.5. The van der Waals surface area contributed by atoms with E-state index in [0.717, 1.165) is 13.0 Å². The van der Waals surface area contributed by atoms with Crippen LogP contribution in [-0.4, -0.2) is 35.3 Å². The van der Waals surface area contributed by atoms with Crippen LogP contribution in [0.2, 0.25) is 0 Å². The Morgan fingerprint density at radius 3 is 2.83 bits per heavy atom. The molecule has 1 aliphatic heterocycles. The summed E-state index contributed by atoms with van der Waals surface area (Å²) in [6.07, 6.45) is 0.910. The van der Waals surface area contributed by atoms with Gasteiger partial charge in [0.1, 0.15) is 23.3 Å². The van der Waals surface area contributed by atoms with Crippen LogP contribution < -0.4 is 10.2 Å². The normalized spacial score (nSPS) is 22.5. The van der Waals surface area contributed by atoms with Crippen LogP contribution in [0.5, 0.6) is 0 Å². The number of rotatable bonds is 5. The van der Waals surface area contributed by atoms with Crippen molar-refractivity contribution in [3.8, 4) is 6.07 Å². The summed E-state index contributed by atoms with van der Waals surface area (Å²) in [4.78, 5) is 6.44. The Balaban J connectivity index is 2.05. The average molecular weight is 336 g/mol. The molecule has 0 radical (unpaired) electrons. The third-order valence-corrected chi connectivity index (χ3v) is 4.89. The number of aliphatic hydroxyl groups excluding tert-OH is 1. The van der Waals surface area contributed by atoms with E-state index in [1.165, 1.54) is 0 Å². The SMILES string of the molecule is CC(O)CCNc1nc(N2CC[C@@H]2C)c(C#N)c2c1CCC2(F)F. The van der Waals surface area contributed by atoms with Crippen molar-refractivity contribution in [3.63, 3.8) is 0 Å². The molecule has 5 nitrogen and oxygen atoms in total. The van der Waals surface area contributed by atoms with Crippen LogP contribution in [0.25, 0.3) is 0 Å². The van der Waals surface area contributed by atoms with Crippen molar-refractivity contribution in [2.75, 3.05) is 23.3 Å². The Bertz CT molecular complexity index is 684. The molecular weight excluding hydrogens is 314 g/mol. The van der Waals surface area contributed by atoms with Crippen LogP contribution in [0, 0.1) is 11.3 Å². The topological polar surface area (TPSA) is 72.2 Å². The summed E-state index contributed by atoms with van der Waals surface area (Å²) in [5.41, 5.74) is 0.299. The van der Waals surface area contributed by atoms with Crippen molar-refractivity contribution in [1.29, 1.82) is 5.26 Å². The molecule has 24 heavy (non-hydrogen) atoms. The molecule has 1 fully saturated rings. The van der Waals surface area contributed by atoms with E-state index in [1.54, 1.807) is 6.92 Å². The molecule has 1 saturated heterocycles. The quantitative estimate of drug-likeness (QED) is 0.865. The van der Waals surface area contributed by atoms with Crippen LogP contribution in [0.15, 0.2) is 0 Å². The zero-order valence-corrected chi connectivity index (χ0v) is 13.9. The summed E-state index contributed by atoms with van der Waals surface area (Å²) < 4.78 is 28.8. The van der Waals surface area contributed by atoms with Gasteiger partial charge in [0.05, 0.1) is 6.10 Å². The maximum atomic E-state index is 14.4. The zero-order valence-electron chi connectivity index (χ0n) is 13.9. The monoisotopic (exact) mass is 336 g/mol. The number of nitriles is 1. The van der Waals surface area contributed by atoms with Crippen molar-refractivity contribution < 1.29 is 13.9 Å². The summed E-state index contributed by atoms with van der Waals surface area (Å²) >= 11 is 0. The summed E-state index contributed by atoms with van der Waals surface area (Å²) in [6, 6.07) is 2.17. The Kier molecular flexibility index (Phi) is 4.35. The number of hydrogen-bond donors (Lipinski definition) is 2. The van der Waals surface area contributed by atoms with Crippen LogP contribution in [0.4, 0.5) is 20.4 Å². The maximum absolute atomic E-state index is 14.4. The molecule has 3 rings (SSSR count). The number of fused-ring (bicyclic) bond motifs is 1. The minimum Gasteiger partial charge on any atom is -0.393 e. The highest BCUT2D eigenvalue weighted by Gasteiger charge is 2.45. The number of hydrogen-bond acceptors (Lipinski definition) is 5. The molecule has 1 unspecified atom stereocenters. The number of nitrogens with one attached hydrogen (secondary N) is 1. The summed E-state index contributed by atoms with van der Waals surface area (Å²) in [5.74, 6) is -2.21. The lowest BCUT2D eigenvalue weighted by Gasteiger charge is -2.40. The molecule has 0 saturated carbocycles. The minimum absolute atomic E-state index is 0.0140. The maximum Gasteiger partial charge on any atom is 0.275 e. The van der Waals surface area contributed by atoms with Crippen molar-refractivity contribution in [2.45, 2.75) is 57.6 Å². The molecule has 130 valence electrons. The molecule has 1 aliphatic carbocycles. The molecule has 7 heteroatoms. The second-order valence-electron chi connectivity index (χ2n) is 6.72. The molecule has 1 aromatic heterocycles. The van der Waals surface area contributed by atoms with Gasteiger partial charge in [-0.3, -0.25) is 0 Å². The predicted molar refractivity (Wildman–Crippen MR) is 87.4 cm³/mol. The van der Waals surface area contributed by atoms with E-state index in [-0.39, 0.29) is 30.0 Å². The highest BCUT2D eigenvalue weighted by Crippen LogP contribution is 2.48. The smallest absolute Gasteiger partial charge is 0.275 e. The van der Waals surface area contributed by atoms with Gasteiger partial charge in [0.25, 0.3) is 5.92 Å². The molecule has 2 heterocycles. The van der Waals surface area contributed by atoms with Gasteiger partial charge >= 0.3 is 0 Å². The van der Waals surface area contributed by atoms with Crippen molar-refractivity contribution in [2.24, 2.45) is 0 Å². The Morgan fingerprint density at radius 1 is 1.54 bits per heavy atom. The fraction of sp³-hybridized carbons (Fsp3) is 0.647. The third-order valence-electron chi connectivity index (χ3n) is 4.89. The highest BCUT2D eigenvalue weighted by molar-refractivity contribution is 5.69. The molecule has 0 spiro atoms. The standard InChI is InChI=1S/C17H22F2N4O/c1-10-5-8-23(10)16-13(9-20)14-12(3-6-17(14,18)19)15(22-16)21-7-4-11(2)24/h10-11,24H,3-8H2,1-2H3,(H,21,22)/t10-,11?/m0/s1. The lowest BCUT2D eigenvalue weighted by molar-refractivity contribution is -0.00209. The average Bonchev–Trinajstić information content (AvgIpc) is 2.82. The van der Waals surface area contributed by atoms with E-state index in [0.29, 0.717) is 30.2 Å². The molecule has 0 bridgehead atoms. The van der Waals surface area contributed by atoms with E-state index in [1.807, 2.05) is 17.9 Å². The Morgan fingerprint density at radius 2 is 2.29 bits per heavy atom. The number of nitrogens with zero attached hydrogens (tertiary/aromatic N) is 3. The van der Waals surface area contributed by atoms with Crippen molar-refractivity contribution in [1.82, 2.24) is 4.98 Å². The van der Waals surface area contributed by atoms with Gasteiger partial charge in [0.2, 0.25) is 0 Å². The molecule has 2 N–H and O–H groups in total. The van der Waals surface area contributed by atoms with Gasteiger partial charge in [-0.1, -0.05) is 0 Å². The number of alkyl halides is 2. The number of anilines is 2. The first kappa shape index (κ1) is 16.9. The second-order valence-corrected chi connectivity index (χ2v) is 6.72. The van der Waals surface area contributed by atoms with E-state index < -0.39 is 12.0 Å². The first-order valence-corrected chi connectivity index (χ1v) is 8.39. The van der Waals surface area contributed by atoms with Gasteiger partial charge in [-0.25, -0.2) is 13.8 Å². The van der Waals surface area contributed by atoms with Crippen LogP contribution in [0.1, 0.15) is 49.8 Å². The Labute approximate surface area is 140 Å². The van der Waals surface area contributed by atoms with E-state index >= 15 is 0 Å². The van der Waals surface area contributed by atoms with E-state index in [9.17, 15) is 19.1 Å². The predicted octanol–water partition coefficient (Wildman–Crippen LogP) is 2.77. The van der Waals surface area contributed by atoms with E-state index in [4.69, 9.17) is 0 Å². The first-order chi connectivity index (χ1) is 11.3. The van der Waals surface area contributed by atoms with E-state index in [2.05, 4.69) is 10.3 Å². The first-order valence-electron chi connectivity index (χ1n) is 8.39. The van der Waals surface area contributed by atoms with Crippen LogP contribution >= 0.6 is 0 Å². The van der Waals surface area contributed by atoms with Gasteiger partial charge in [-0.2, -0.15) is 5.26 Å².